The minimum Gasteiger partial charge on any atom is -0.379 e. The number of non-ortho nitro benzene ring substituents is 1. The highest BCUT2D eigenvalue weighted by molar-refractivity contribution is 14.0. The van der Waals surface area contributed by atoms with E-state index in [4.69, 9.17) is 4.74 Å². The summed E-state index contributed by atoms with van der Waals surface area (Å²) in [5.74, 6) is 0.755. The number of nitro benzene ring substituents is 1. The zero-order valence-electron chi connectivity index (χ0n) is 17.7. The Morgan fingerprint density at radius 1 is 1.26 bits per heavy atom. The van der Waals surface area contributed by atoms with Crippen LogP contribution < -0.4 is 10.6 Å². The minimum absolute atomic E-state index is 0. The SMILES string of the molecule is CC(CNC(=NCc1ccc([N+](=O)[O-])cc1)NCCc1cccs1)N1CCOCC1.I. The van der Waals surface area contributed by atoms with Gasteiger partial charge in [-0.1, -0.05) is 18.2 Å². The van der Waals surface area contributed by atoms with Gasteiger partial charge in [-0.3, -0.25) is 15.0 Å². The lowest BCUT2D eigenvalue weighted by Crippen LogP contribution is -2.49. The number of aliphatic imine (C=N–C) groups is 1. The third-order valence-electron chi connectivity index (χ3n) is 5.04. The van der Waals surface area contributed by atoms with Gasteiger partial charge in [0, 0.05) is 49.2 Å². The van der Waals surface area contributed by atoms with Crippen LogP contribution in [-0.4, -0.2) is 61.2 Å². The van der Waals surface area contributed by atoms with Crippen molar-refractivity contribution in [3.05, 3.63) is 62.3 Å². The standard InChI is InChI=1S/C21H29N5O3S.HI/c1-17(25-10-12-29-13-11-25)15-23-21(22-9-8-20-3-2-14-30-20)24-16-18-4-6-19(7-5-18)26(27)28;/h2-7,14,17H,8-13,15-16H2,1H3,(H2,22,23,24);1H. The molecular formula is C21H30IN5O3S. The van der Waals surface area contributed by atoms with Crippen molar-refractivity contribution >= 4 is 47.0 Å². The first-order valence-electron chi connectivity index (χ1n) is 10.2. The molecule has 0 aliphatic carbocycles. The third kappa shape index (κ3) is 8.71. The molecule has 2 N–H and O–H groups in total. The minimum atomic E-state index is -0.390. The number of rotatable bonds is 9. The number of benzene rings is 1. The summed E-state index contributed by atoms with van der Waals surface area (Å²) in [6.07, 6.45) is 0.939. The Hall–Kier alpha value is -1.76. The maximum atomic E-state index is 10.8. The smallest absolute Gasteiger partial charge is 0.269 e. The maximum Gasteiger partial charge on any atom is 0.269 e. The summed E-state index contributed by atoms with van der Waals surface area (Å²) in [5.41, 5.74) is 1.02. The van der Waals surface area contributed by atoms with Crippen LogP contribution >= 0.6 is 35.3 Å². The van der Waals surface area contributed by atoms with E-state index in [9.17, 15) is 10.1 Å². The van der Waals surface area contributed by atoms with E-state index in [-0.39, 0.29) is 34.6 Å². The van der Waals surface area contributed by atoms with Crippen molar-refractivity contribution < 1.29 is 9.66 Å². The molecule has 8 nitrogen and oxygen atoms in total. The van der Waals surface area contributed by atoms with Crippen LogP contribution in [0, 0.1) is 10.1 Å². The second-order valence-electron chi connectivity index (χ2n) is 7.22. The van der Waals surface area contributed by atoms with Crippen LogP contribution in [0.2, 0.25) is 0 Å². The third-order valence-corrected chi connectivity index (χ3v) is 5.98. The van der Waals surface area contributed by atoms with Crippen molar-refractivity contribution in [1.29, 1.82) is 0 Å². The zero-order chi connectivity index (χ0) is 21.2. The average Bonchev–Trinajstić information content (AvgIpc) is 3.29. The predicted molar refractivity (Wildman–Crippen MR) is 136 cm³/mol. The molecule has 0 radical (unpaired) electrons. The van der Waals surface area contributed by atoms with Gasteiger partial charge in [0.25, 0.3) is 5.69 Å². The molecule has 3 rings (SSSR count). The topological polar surface area (TPSA) is 92.0 Å². The van der Waals surface area contributed by atoms with Gasteiger partial charge in [-0.05, 0) is 30.4 Å². The fraction of sp³-hybridized carbons (Fsp3) is 0.476. The number of thiophene rings is 1. The van der Waals surface area contributed by atoms with Crippen LogP contribution in [0.3, 0.4) is 0 Å². The number of hydrogen-bond donors (Lipinski definition) is 2. The molecule has 1 aromatic carbocycles. The van der Waals surface area contributed by atoms with E-state index in [1.807, 2.05) is 0 Å². The fourth-order valence-corrected chi connectivity index (χ4v) is 3.93. The van der Waals surface area contributed by atoms with E-state index in [2.05, 4.69) is 45.0 Å². The van der Waals surface area contributed by atoms with Gasteiger partial charge in [-0.2, -0.15) is 0 Å². The largest absolute Gasteiger partial charge is 0.379 e. The van der Waals surface area contributed by atoms with Crippen LogP contribution in [-0.2, 0) is 17.7 Å². The van der Waals surface area contributed by atoms with Crippen LogP contribution in [0.25, 0.3) is 0 Å². The van der Waals surface area contributed by atoms with Crippen molar-refractivity contribution in [2.75, 3.05) is 39.4 Å². The van der Waals surface area contributed by atoms with Crippen LogP contribution in [0.15, 0.2) is 46.8 Å². The lowest BCUT2D eigenvalue weighted by atomic mass is 10.2. The highest BCUT2D eigenvalue weighted by Gasteiger charge is 2.17. The molecule has 1 aromatic heterocycles. The molecule has 1 aliphatic heterocycles. The monoisotopic (exact) mass is 559 g/mol. The highest BCUT2D eigenvalue weighted by atomic mass is 127. The maximum absolute atomic E-state index is 10.8. The van der Waals surface area contributed by atoms with Crippen LogP contribution in [0.1, 0.15) is 17.4 Å². The number of hydrogen-bond acceptors (Lipinski definition) is 6. The number of guanidine groups is 1. The molecule has 0 spiro atoms. The van der Waals surface area contributed by atoms with Gasteiger partial charge in [-0.25, -0.2) is 4.99 Å². The van der Waals surface area contributed by atoms with E-state index < -0.39 is 0 Å². The summed E-state index contributed by atoms with van der Waals surface area (Å²) >= 11 is 1.75. The van der Waals surface area contributed by atoms with Gasteiger partial charge in [0.1, 0.15) is 0 Å². The number of morpholine rings is 1. The van der Waals surface area contributed by atoms with Crippen molar-refractivity contribution in [1.82, 2.24) is 15.5 Å². The molecule has 1 unspecified atom stereocenters. The van der Waals surface area contributed by atoms with Crippen LogP contribution in [0.5, 0.6) is 0 Å². The molecule has 170 valence electrons. The lowest BCUT2D eigenvalue weighted by Gasteiger charge is -2.32. The Morgan fingerprint density at radius 2 is 2.00 bits per heavy atom. The highest BCUT2D eigenvalue weighted by Crippen LogP contribution is 2.12. The molecule has 10 heteroatoms. The van der Waals surface area contributed by atoms with Gasteiger partial charge < -0.3 is 15.4 Å². The molecule has 2 heterocycles. The second kappa shape index (κ2) is 13.6. The van der Waals surface area contributed by atoms with Crippen molar-refractivity contribution in [3.8, 4) is 0 Å². The first-order chi connectivity index (χ1) is 14.6. The molecule has 0 saturated carbocycles. The predicted octanol–water partition coefficient (Wildman–Crippen LogP) is 3.27. The summed E-state index contributed by atoms with van der Waals surface area (Å²) < 4.78 is 5.44. The quantitative estimate of drug-likeness (QED) is 0.161. The molecular weight excluding hydrogens is 529 g/mol. The summed E-state index contributed by atoms with van der Waals surface area (Å²) in [4.78, 5) is 18.9. The lowest BCUT2D eigenvalue weighted by molar-refractivity contribution is -0.384. The van der Waals surface area contributed by atoms with E-state index in [0.717, 1.165) is 57.3 Å². The zero-order valence-corrected chi connectivity index (χ0v) is 20.8. The van der Waals surface area contributed by atoms with Crippen molar-refractivity contribution in [2.45, 2.75) is 25.9 Å². The number of nitro groups is 1. The molecule has 2 aromatic rings. The number of nitrogens with one attached hydrogen (secondary N) is 2. The molecule has 1 atom stereocenters. The molecule has 31 heavy (non-hydrogen) atoms. The number of ether oxygens (including phenoxy) is 1. The van der Waals surface area contributed by atoms with Gasteiger partial charge in [0.15, 0.2) is 5.96 Å². The fourth-order valence-electron chi connectivity index (χ4n) is 3.22. The van der Waals surface area contributed by atoms with Gasteiger partial charge in [0.2, 0.25) is 0 Å². The molecule has 1 aliphatic rings. The Kier molecular flexibility index (Phi) is 11.2. The summed E-state index contributed by atoms with van der Waals surface area (Å²) in [7, 11) is 0. The molecule has 0 amide bonds. The first-order valence-corrected chi connectivity index (χ1v) is 11.1. The summed E-state index contributed by atoms with van der Waals surface area (Å²) in [6, 6.07) is 11.1. The van der Waals surface area contributed by atoms with Gasteiger partial charge >= 0.3 is 0 Å². The van der Waals surface area contributed by atoms with Gasteiger partial charge in [-0.15, -0.1) is 35.3 Å². The Labute approximate surface area is 204 Å². The van der Waals surface area contributed by atoms with E-state index in [0.29, 0.717) is 12.6 Å². The number of nitrogens with zero attached hydrogens (tertiary/aromatic N) is 3. The van der Waals surface area contributed by atoms with Crippen molar-refractivity contribution in [3.63, 3.8) is 0 Å². The summed E-state index contributed by atoms with van der Waals surface area (Å²) in [5, 5.41) is 19.8. The molecule has 1 saturated heterocycles. The van der Waals surface area contributed by atoms with E-state index in [1.54, 1.807) is 23.5 Å². The first kappa shape index (κ1) is 25.5. The van der Waals surface area contributed by atoms with Crippen molar-refractivity contribution in [2.24, 2.45) is 4.99 Å². The summed E-state index contributed by atoms with van der Waals surface area (Å²) in [6.45, 7) is 7.70. The van der Waals surface area contributed by atoms with Gasteiger partial charge in [0.05, 0.1) is 24.7 Å². The second-order valence-corrected chi connectivity index (χ2v) is 8.26. The molecule has 0 bridgehead atoms. The normalized spacial score (nSPS) is 15.7. The average molecular weight is 559 g/mol. The Morgan fingerprint density at radius 3 is 2.65 bits per heavy atom. The Balaban J connectivity index is 0.00000341. The molecule has 1 fully saturated rings. The van der Waals surface area contributed by atoms with E-state index >= 15 is 0 Å². The number of halogens is 1. The van der Waals surface area contributed by atoms with E-state index in [1.165, 1.54) is 17.0 Å². The van der Waals surface area contributed by atoms with Crippen LogP contribution in [0.4, 0.5) is 5.69 Å². The Bertz CT molecular complexity index is 811.